The molecule has 142 valence electrons. The van der Waals surface area contributed by atoms with E-state index in [0.717, 1.165) is 44.6 Å². The van der Waals surface area contributed by atoms with E-state index in [0.29, 0.717) is 6.04 Å². The minimum atomic E-state index is -0.0398. The van der Waals surface area contributed by atoms with E-state index in [1.807, 2.05) is 42.2 Å². The number of hydrogen-bond donors (Lipinski definition) is 0. The Morgan fingerprint density at radius 3 is 2.75 bits per heavy atom. The summed E-state index contributed by atoms with van der Waals surface area (Å²) >= 11 is 5.34. The van der Waals surface area contributed by atoms with Crippen LogP contribution in [0, 0.1) is 0 Å². The zero-order valence-electron chi connectivity index (χ0n) is 15.5. The molecule has 2 aliphatic heterocycles. The van der Waals surface area contributed by atoms with Crippen LogP contribution >= 0.6 is 27.7 Å². The number of aromatic nitrogens is 1. The number of amidine groups is 1. The number of nitrogens with zero attached hydrogens (tertiary/aromatic N) is 3. The number of halogens is 1. The van der Waals surface area contributed by atoms with Crippen LogP contribution in [-0.2, 0) is 0 Å². The fourth-order valence-corrected chi connectivity index (χ4v) is 5.54. The molecule has 0 amide bonds. The second-order valence-electron chi connectivity index (χ2n) is 7.05. The minimum absolute atomic E-state index is 0.0398. The van der Waals surface area contributed by atoms with Gasteiger partial charge < -0.3 is 9.32 Å². The van der Waals surface area contributed by atoms with Crippen LogP contribution in [0.15, 0.2) is 74.7 Å². The lowest BCUT2D eigenvalue weighted by Gasteiger charge is -2.30. The first kappa shape index (κ1) is 18.0. The van der Waals surface area contributed by atoms with Crippen LogP contribution in [0.5, 0.6) is 0 Å². The molecule has 0 saturated carbocycles. The molecule has 4 nitrogen and oxygen atoms in total. The van der Waals surface area contributed by atoms with Crippen molar-refractivity contribution in [3.63, 3.8) is 0 Å². The average molecular weight is 454 g/mol. The first-order chi connectivity index (χ1) is 13.7. The third kappa shape index (κ3) is 3.08. The lowest BCUT2D eigenvalue weighted by Crippen LogP contribution is -2.35. The monoisotopic (exact) mass is 453 g/mol. The SMILES string of the molecule is CCC1CSC2=NC(c3ccccn3)C(c3ccc(-c4ccc(Br)cc4)o3)N21. The van der Waals surface area contributed by atoms with Gasteiger partial charge in [-0.1, -0.05) is 52.8 Å². The number of hydrogen-bond acceptors (Lipinski definition) is 5. The van der Waals surface area contributed by atoms with Crippen molar-refractivity contribution in [2.24, 2.45) is 4.99 Å². The largest absolute Gasteiger partial charge is 0.459 e. The number of pyridine rings is 1. The van der Waals surface area contributed by atoms with Gasteiger partial charge in [0.25, 0.3) is 0 Å². The molecule has 0 bridgehead atoms. The van der Waals surface area contributed by atoms with Gasteiger partial charge in [-0.25, -0.2) is 4.99 Å². The molecule has 1 fully saturated rings. The highest BCUT2D eigenvalue weighted by atomic mass is 79.9. The van der Waals surface area contributed by atoms with E-state index in [1.54, 1.807) is 0 Å². The van der Waals surface area contributed by atoms with Crippen LogP contribution in [0.25, 0.3) is 11.3 Å². The van der Waals surface area contributed by atoms with E-state index < -0.39 is 0 Å². The highest BCUT2D eigenvalue weighted by Gasteiger charge is 2.46. The van der Waals surface area contributed by atoms with Crippen molar-refractivity contribution in [1.82, 2.24) is 9.88 Å². The lowest BCUT2D eigenvalue weighted by molar-refractivity contribution is 0.226. The van der Waals surface area contributed by atoms with Crippen LogP contribution in [0.2, 0.25) is 0 Å². The normalized spacial score (nSPS) is 23.7. The summed E-state index contributed by atoms with van der Waals surface area (Å²) in [6.07, 6.45) is 2.94. The number of rotatable bonds is 4. The molecular formula is C22H20BrN3OS. The molecule has 28 heavy (non-hydrogen) atoms. The van der Waals surface area contributed by atoms with Crippen molar-refractivity contribution in [3.8, 4) is 11.3 Å². The van der Waals surface area contributed by atoms with Crippen LogP contribution in [0.1, 0.15) is 36.9 Å². The Morgan fingerprint density at radius 2 is 2.00 bits per heavy atom. The third-order valence-corrected chi connectivity index (χ3v) is 7.03. The number of benzene rings is 1. The topological polar surface area (TPSA) is 41.6 Å². The van der Waals surface area contributed by atoms with Gasteiger partial charge in [0, 0.05) is 28.0 Å². The highest BCUT2D eigenvalue weighted by Crippen LogP contribution is 2.49. The molecule has 3 aromatic rings. The second kappa shape index (κ2) is 7.41. The van der Waals surface area contributed by atoms with E-state index in [9.17, 15) is 0 Å². The van der Waals surface area contributed by atoms with Gasteiger partial charge in [0.15, 0.2) is 5.17 Å². The summed E-state index contributed by atoms with van der Waals surface area (Å²) in [6.45, 7) is 2.24. The zero-order valence-corrected chi connectivity index (χ0v) is 17.9. The first-order valence-electron chi connectivity index (χ1n) is 9.50. The molecule has 0 N–H and O–H groups in total. The third-order valence-electron chi connectivity index (χ3n) is 5.38. The predicted molar refractivity (Wildman–Crippen MR) is 117 cm³/mol. The maximum Gasteiger partial charge on any atom is 0.161 e. The molecule has 4 heterocycles. The van der Waals surface area contributed by atoms with E-state index in [2.05, 4.69) is 63.1 Å². The molecule has 1 aromatic carbocycles. The van der Waals surface area contributed by atoms with E-state index in [-0.39, 0.29) is 12.1 Å². The van der Waals surface area contributed by atoms with Gasteiger partial charge >= 0.3 is 0 Å². The Morgan fingerprint density at radius 1 is 1.14 bits per heavy atom. The summed E-state index contributed by atoms with van der Waals surface area (Å²) in [5, 5.41) is 1.12. The average Bonchev–Trinajstić information content (AvgIpc) is 3.44. The summed E-state index contributed by atoms with van der Waals surface area (Å²) in [5.41, 5.74) is 2.07. The standard InChI is InChI=1S/C22H20BrN3OS/c1-2-16-13-28-22-25-20(17-5-3-4-12-24-17)21(26(16)22)19-11-10-18(27-19)14-6-8-15(23)9-7-14/h3-12,16,20-21H,2,13H2,1H3. The molecule has 3 atom stereocenters. The fourth-order valence-electron chi connectivity index (χ4n) is 3.94. The molecule has 0 aliphatic carbocycles. The Labute approximate surface area is 177 Å². The maximum absolute atomic E-state index is 6.38. The Kier molecular flexibility index (Phi) is 4.77. The van der Waals surface area contributed by atoms with Crippen molar-refractivity contribution in [2.75, 3.05) is 5.75 Å². The second-order valence-corrected chi connectivity index (χ2v) is 8.95. The summed E-state index contributed by atoms with van der Waals surface area (Å²) in [6, 6.07) is 18.9. The van der Waals surface area contributed by atoms with Crippen LogP contribution in [0.3, 0.4) is 0 Å². The molecular weight excluding hydrogens is 434 g/mol. The van der Waals surface area contributed by atoms with Crippen molar-refractivity contribution in [1.29, 1.82) is 0 Å². The molecule has 0 spiro atoms. The molecule has 6 heteroatoms. The highest BCUT2D eigenvalue weighted by molar-refractivity contribution is 9.10. The maximum atomic E-state index is 6.38. The summed E-state index contributed by atoms with van der Waals surface area (Å²) in [5.74, 6) is 2.92. The van der Waals surface area contributed by atoms with Gasteiger partial charge in [-0.2, -0.15) is 0 Å². The van der Waals surface area contributed by atoms with Crippen molar-refractivity contribution in [3.05, 3.63) is 76.7 Å². The Balaban J connectivity index is 1.55. The molecule has 5 rings (SSSR count). The quantitative estimate of drug-likeness (QED) is 0.479. The first-order valence-corrected chi connectivity index (χ1v) is 11.3. The Bertz CT molecular complexity index is 1000. The van der Waals surface area contributed by atoms with Gasteiger partial charge in [0.05, 0.1) is 5.69 Å². The number of aliphatic imine (C=N–C) groups is 1. The predicted octanol–water partition coefficient (Wildman–Crippen LogP) is 6.08. The Hall–Kier alpha value is -2.05. The van der Waals surface area contributed by atoms with Gasteiger partial charge in [-0.05, 0) is 42.8 Å². The molecule has 0 radical (unpaired) electrons. The van der Waals surface area contributed by atoms with Crippen LogP contribution in [0.4, 0.5) is 0 Å². The zero-order chi connectivity index (χ0) is 19.1. The summed E-state index contributed by atoms with van der Waals surface area (Å²) in [7, 11) is 0. The molecule has 2 aliphatic rings. The van der Waals surface area contributed by atoms with Gasteiger partial charge in [0.2, 0.25) is 0 Å². The molecule has 3 unspecified atom stereocenters. The van der Waals surface area contributed by atoms with E-state index in [1.165, 1.54) is 0 Å². The lowest BCUT2D eigenvalue weighted by atomic mass is 10.0. The smallest absolute Gasteiger partial charge is 0.161 e. The minimum Gasteiger partial charge on any atom is -0.459 e. The van der Waals surface area contributed by atoms with E-state index >= 15 is 0 Å². The summed E-state index contributed by atoms with van der Waals surface area (Å²) in [4.78, 5) is 12.1. The number of thioether (sulfide) groups is 1. The van der Waals surface area contributed by atoms with Crippen molar-refractivity contribution in [2.45, 2.75) is 31.5 Å². The molecule has 1 saturated heterocycles. The van der Waals surface area contributed by atoms with E-state index in [4.69, 9.17) is 9.41 Å². The van der Waals surface area contributed by atoms with Gasteiger partial charge in [-0.15, -0.1) is 0 Å². The van der Waals surface area contributed by atoms with Crippen molar-refractivity contribution < 1.29 is 4.42 Å². The van der Waals surface area contributed by atoms with Gasteiger partial charge in [0.1, 0.15) is 23.6 Å². The number of fused-ring (bicyclic) bond motifs is 1. The fraction of sp³-hybridized carbons (Fsp3) is 0.273. The van der Waals surface area contributed by atoms with Gasteiger partial charge in [-0.3, -0.25) is 4.98 Å². The van der Waals surface area contributed by atoms with Crippen molar-refractivity contribution >= 4 is 32.9 Å². The summed E-state index contributed by atoms with van der Waals surface area (Å²) < 4.78 is 7.44. The molecule has 2 aromatic heterocycles. The number of furan rings is 1. The van der Waals surface area contributed by atoms with Crippen LogP contribution < -0.4 is 0 Å². The van der Waals surface area contributed by atoms with Crippen LogP contribution in [-0.4, -0.2) is 26.8 Å².